The molecule has 0 saturated carbocycles. The Balaban J connectivity index is 2.10. The predicted molar refractivity (Wildman–Crippen MR) is 108 cm³/mol. The molecule has 0 amide bonds. The largest absolute Gasteiger partial charge is 0.497 e. The van der Waals surface area contributed by atoms with E-state index in [0.29, 0.717) is 11.2 Å². The van der Waals surface area contributed by atoms with Crippen LogP contribution in [0.15, 0.2) is 72.8 Å². The number of methoxy groups -OCH3 is 2. The summed E-state index contributed by atoms with van der Waals surface area (Å²) in [5.74, 6) is 1.46. The van der Waals surface area contributed by atoms with Gasteiger partial charge < -0.3 is 14.0 Å². The third-order valence-corrected chi connectivity index (χ3v) is 7.75. The Bertz CT molecular complexity index is 869. The zero-order valence-corrected chi connectivity index (χ0v) is 16.3. The molecule has 0 saturated heterocycles. The quantitative estimate of drug-likeness (QED) is 0.567. The van der Waals surface area contributed by atoms with Gasteiger partial charge in [-0.1, -0.05) is 29.8 Å². The van der Waals surface area contributed by atoms with E-state index in [4.69, 9.17) is 21.1 Å². The fourth-order valence-corrected chi connectivity index (χ4v) is 5.82. The van der Waals surface area contributed by atoms with Crippen LogP contribution in [-0.4, -0.2) is 14.2 Å². The number of hydrogen-bond donors (Lipinski definition) is 0. The first kappa shape index (κ1) is 18.6. The maximum Gasteiger partial charge on any atom is 0.147 e. The summed E-state index contributed by atoms with van der Waals surface area (Å²) >= 11 is 6.34. The van der Waals surface area contributed by atoms with E-state index in [1.807, 2.05) is 72.8 Å². The lowest BCUT2D eigenvalue weighted by atomic mass is 10.2. The molecule has 3 nitrogen and oxygen atoms in total. The van der Waals surface area contributed by atoms with Crippen molar-refractivity contribution in [1.29, 1.82) is 0 Å². The third-order valence-electron chi connectivity index (χ3n) is 4.33. The Hall–Kier alpha value is -2.22. The molecule has 5 heteroatoms. The van der Waals surface area contributed by atoms with E-state index < -0.39 is 7.14 Å². The van der Waals surface area contributed by atoms with E-state index in [9.17, 15) is 4.57 Å². The fraction of sp³-hybridized carbons (Fsp3) is 0.143. The highest BCUT2D eigenvalue weighted by Gasteiger charge is 2.28. The van der Waals surface area contributed by atoms with Gasteiger partial charge in [-0.05, 0) is 60.2 Å². The van der Waals surface area contributed by atoms with Crippen molar-refractivity contribution in [3.8, 4) is 11.5 Å². The fourth-order valence-electron chi connectivity index (χ4n) is 2.84. The summed E-state index contributed by atoms with van der Waals surface area (Å²) in [6.07, 6.45) is 0.353. The topological polar surface area (TPSA) is 35.5 Å². The van der Waals surface area contributed by atoms with Gasteiger partial charge >= 0.3 is 0 Å². The molecule has 134 valence electrons. The van der Waals surface area contributed by atoms with Gasteiger partial charge in [0.1, 0.15) is 18.6 Å². The molecule has 0 aliphatic heterocycles. The van der Waals surface area contributed by atoms with Crippen molar-refractivity contribution >= 4 is 29.4 Å². The zero-order valence-electron chi connectivity index (χ0n) is 14.7. The SMILES string of the molecule is COc1ccc(P(=O)(Cc2ccccc2Cl)c2ccc(OC)cc2)cc1. The minimum atomic E-state index is -2.93. The molecule has 3 aromatic rings. The molecule has 0 aliphatic rings. The summed E-state index contributed by atoms with van der Waals surface area (Å²) in [6, 6.07) is 22.3. The molecule has 3 aromatic carbocycles. The molecule has 3 rings (SSSR count). The second kappa shape index (κ2) is 7.99. The van der Waals surface area contributed by atoms with Gasteiger partial charge in [0.05, 0.1) is 14.2 Å². The van der Waals surface area contributed by atoms with Crippen LogP contribution >= 0.6 is 18.7 Å². The van der Waals surface area contributed by atoms with Crippen molar-refractivity contribution in [2.24, 2.45) is 0 Å². The second-order valence-corrected chi connectivity index (χ2v) is 9.12. The summed E-state index contributed by atoms with van der Waals surface area (Å²) in [4.78, 5) is 0. The summed E-state index contributed by atoms with van der Waals surface area (Å²) < 4.78 is 24.7. The Labute approximate surface area is 158 Å². The van der Waals surface area contributed by atoms with Gasteiger partial charge in [-0.15, -0.1) is 0 Å². The highest BCUT2D eigenvalue weighted by Crippen LogP contribution is 2.48. The Morgan fingerprint density at radius 2 is 1.23 bits per heavy atom. The van der Waals surface area contributed by atoms with Gasteiger partial charge in [0.15, 0.2) is 0 Å². The van der Waals surface area contributed by atoms with Gasteiger partial charge in [0.25, 0.3) is 0 Å². The zero-order chi connectivity index (χ0) is 18.6. The number of rotatable bonds is 6. The predicted octanol–water partition coefficient (Wildman–Crippen LogP) is 4.87. The van der Waals surface area contributed by atoms with Crippen molar-refractivity contribution in [2.45, 2.75) is 6.16 Å². The van der Waals surface area contributed by atoms with Crippen LogP contribution in [0.5, 0.6) is 11.5 Å². The van der Waals surface area contributed by atoms with Crippen LogP contribution in [0.2, 0.25) is 5.02 Å². The van der Waals surface area contributed by atoms with Crippen molar-refractivity contribution in [3.05, 3.63) is 83.4 Å². The molecule has 0 aliphatic carbocycles. The molecule has 0 bridgehead atoms. The lowest BCUT2D eigenvalue weighted by Gasteiger charge is -2.21. The number of hydrogen-bond acceptors (Lipinski definition) is 3. The molecule has 0 spiro atoms. The van der Waals surface area contributed by atoms with E-state index in [1.165, 1.54) is 0 Å². The standard InChI is InChI=1S/C21H20ClO3P/c1-24-17-7-11-19(12-8-17)26(23,15-16-5-3-4-6-21(16)22)20-13-9-18(25-2)10-14-20/h3-14H,15H2,1-2H3. The summed E-state index contributed by atoms with van der Waals surface area (Å²) in [6.45, 7) is 0. The van der Waals surface area contributed by atoms with Crippen LogP contribution in [0.4, 0.5) is 0 Å². The molecule has 0 radical (unpaired) electrons. The molecular weight excluding hydrogens is 367 g/mol. The van der Waals surface area contributed by atoms with Crippen molar-refractivity contribution in [1.82, 2.24) is 0 Å². The first-order valence-electron chi connectivity index (χ1n) is 8.18. The van der Waals surface area contributed by atoms with Gasteiger partial charge in [-0.2, -0.15) is 0 Å². The molecule has 26 heavy (non-hydrogen) atoms. The Morgan fingerprint density at radius 1 is 0.769 bits per heavy atom. The lowest BCUT2D eigenvalue weighted by molar-refractivity contribution is 0.415. The van der Waals surface area contributed by atoms with Gasteiger partial charge in [-0.25, -0.2) is 0 Å². The molecule has 0 N–H and O–H groups in total. The molecule has 0 atom stereocenters. The van der Waals surface area contributed by atoms with E-state index in [2.05, 4.69) is 0 Å². The van der Waals surface area contributed by atoms with Gasteiger partial charge in [0.2, 0.25) is 0 Å². The summed E-state index contributed by atoms with van der Waals surface area (Å²) in [5.41, 5.74) is 0.865. The summed E-state index contributed by atoms with van der Waals surface area (Å²) in [5, 5.41) is 2.15. The van der Waals surface area contributed by atoms with Crippen LogP contribution in [0.25, 0.3) is 0 Å². The van der Waals surface area contributed by atoms with Crippen molar-refractivity contribution in [2.75, 3.05) is 14.2 Å². The van der Waals surface area contributed by atoms with Crippen molar-refractivity contribution in [3.63, 3.8) is 0 Å². The average molecular weight is 387 g/mol. The maximum absolute atomic E-state index is 14.2. The van der Waals surface area contributed by atoms with E-state index >= 15 is 0 Å². The van der Waals surface area contributed by atoms with Crippen LogP contribution in [0.3, 0.4) is 0 Å². The Kier molecular flexibility index (Phi) is 5.70. The van der Waals surface area contributed by atoms with Crippen LogP contribution in [-0.2, 0) is 10.7 Å². The van der Waals surface area contributed by atoms with Crippen molar-refractivity contribution < 1.29 is 14.0 Å². The molecule has 0 heterocycles. The van der Waals surface area contributed by atoms with E-state index in [-0.39, 0.29) is 0 Å². The average Bonchev–Trinajstić information content (AvgIpc) is 2.70. The van der Waals surface area contributed by atoms with Gasteiger partial charge in [0, 0.05) is 21.8 Å². The van der Waals surface area contributed by atoms with Crippen LogP contribution in [0.1, 0.15) is 5.56 Å². The van der Waals surface area contributed by atoms with Crippen LogP contribution in [0, 0.1) is 0 Å². The Morgan fingerprint density at radius 3 is 1.65 bits per heavy atom. The molecule has 0 aromatic heterocycles. The normalized spacial score (nSPS) is 11.2. The minimum absolute atomic E-state index is 0.353. The summed E-state index contributed by atoms with van der Waals surface area (Å²) in [7, 11) is 0.297. The molecule has 0 unspecified atom stereocenters. The molecular formula is C21H20ClO3P. The van der Waals surface area contributed by atoms with Gasteiger partial charge in [-0.3, -0.25) is 0 Å². The lowest BCUT2D eigenvalue weighted by Crippen LogP contribution is -2.18. The van der Waals surface area contributed by atoms with E-state index in [0.717, 1.165) is 27.7 Å². The van der Waals surface area contributed by atoms with Crippen LogP contribution < -0.4 is 20.1 Å². The molecule has 0 fully saturated rings. The maximum atomic E-state index is 14.2. The highest BCUT2D eigenvalue weighted by molar-refractivity contribution is 7.78. The minimum Gasteiger partial charge on any atom is -0.497 e. The van der Waals surface area contributed by atoms with E-state index in [1.54, 1.807) is 14.2 Å². The second-order valence-electron chi connectivity index (χ2n) is 5.89. The highest BCUT2D eigenvalue weighted by atomic mass is 35.5. The number of halogens is 1. The monoisotopic (exact) mass is 386 g/mol. The smallest absolute Gasteiger partial charge is 0.147 e. The number of benzene rings is 3. The first-order chi connectivity index (χ1) is 12.6. The third kappa shape index (κ3) is 3.80. The number of ether oxygens (including phenoxy) is 2. The first-order valence-corrected chi connectivity index (χ1v) is 10.5.